The molecule has 0 saturated carbocycles. The summed E-state index contributed by atoms with van der Waals surface area (Å²) in [6.07, 6.45) is 1.92. The molecule has 0 radical (unpaired) electrons. The molecule has 0 saturated heterocycles. The maximum absolute atomic E-state index is 5.88. The van der Waals surface area contributed by atoms with Crippen LogP contribution < -0.4 is 5.73 Å². The number of nitrogens with two attached hydrogens (primary N) is 1. The highest BCUT2D eigenvalue weighted by Crippen LogP contribution is 2.17. The topological polar surface area (TPSA) is 38.9 Å². The molecular formula is C14H17ClN2S. The Morgan fingerprint density at radius 3 is 2.56 bits per heavy atom. The third-order valence-corrected chi connectivity index (χ3v) is 4.01. The van der Waals surface area contributed by atoms with Crippen LogP contribution in [0.5, 0.6) is 0 Å². The van der Waals surface area contributed by atoms with Crippen LogP contribution in [0.2, 0.25) is 5.02 Å². The Morgan fingerprint density at radius 2 is 2.00 bits per heavy atom. The standard InChI is InChI=1S/C14H17ClN2S/c1-10-17-14(9-18-10)7-12(8-16)6-11-2-4-13(15)5-3-11/h2-5,9,12H,6-8,16H2,1H3. The molecule has 2 rings (SSSR count). The first-order valence-corrected chi connectivity index (χ1v) is 7.28. The molecule has 0 bridgehead atoms. The number of thiazole rings is 1. The summed E-state index contributed by atoms with van der Waals surface area (Å²) >= 11 is 7.58. The van der Waals surface area contributed by atoms with Crippen molar-refractivity contribution in [3.8, 4) is 0 Å². The number of aromatic nitrogens is 1. The molecule has 2 aromatic rings. The van der Waals surface area contributed by atoms with Gasteiger partial charge < -0.3 is 5.73 Å². The fourth-order valence-corrected chi connectivity index (χ4v) is 2.74. The van der Waals surface area contributed by atoms with Gasteiger partial charge in [0.05, 0.1) is 10.7 Å². The van der Waals surface area contributed by atoms with Crippen molar-refractivity contribution in [3.05, 3.63) is 50.9 Å². The SMILES string of the molecule is Cc1nc(CC(CN)Cc2ccc(Cl)cc2)cs1. The van der Waals surface area contributed by atoms with Crippen molar-refractivity contribution in [1.82, 2.24) is 4.98 Å². The van der Waals surface area contributed by atoms with E-state index in [0.717, 1.165) is 28.6 Å². The normalized spacial score (nSPS) is 12.6. The van der Waals surface area contributed by atoms with E-state index in [0.29, 0.717) is 12.5 Å². The summed E-state index contributed by atoms with van der Waals surface area (Å²) in [5.74, 6) is 0.438. The Morgan fingerprint density at radius 1 is 1.28 bits per heavy atom. The van der Waals surface area contributed by atoms with Crippen LogP contribution in [-0.2, 0) is 12.8 Å². The average Bonchev–Trinajstić information content (AvgIpc) is 2.77. The van der Waals surface area contributed by atoms with Gasteiger partial charge in [0.15, 0.2) is 0 Å². The number of hydrogen-bond donors (Lipinski definition) is 1. The number of rotatable bonds is 5. The van der Waals surface area contributed by atoms with Crippen LogP contribution in [0.3, 0.4) is 0 Å². The van der Waals surface area contributed by atoms with Crippen LogP contribution in [0.15, 0.2) is 29.6 Å². The van der Waals surface area contributed by atoms with E-state index in [2.05, 4.69) is 22.5 Å². The predicted molar refractivity (Wildman–Crippen MR) is 78.3 cm³/mol. The molecule has 0 spiro atoms. The molecule has 1 aromatic carbocycles. The molecule has 2 N–H and O–H groups in total. The first-order valence-electron chi connectivity index (χ1n) is 6.03. The van der Waals surface area contributed by atoms with Crippen LogP contribution in [0.4, 0.5) is 0 Å². The highest BCUT2D eigenvalue weighted by Gasteiger charge is 2.11. The Kier molecular flexibility index (Phi) is 4.75. The van der Waals surface area contributed by atoms with Gasteiger partial charge in [-0.2, -0.15) is 0 Å². The summed E-state index contributed by atoms with van der Waals surface area (Å²) < 4.78 is 0. The molecule has 4 heteroatoms. The lowest BCUT2D eigenvalue weighted by Crippen LogP contribution is -2.19. The maximum atomic E-state index is 5.88. The highest BCUT2D eigenvalue weighted by molar-refractivity contribution is 7.09. The van der Waals surface area contributed by atoms with Crippen molar-refractivity contribution >= 4 is 22.9 Å². The Balaban J connectivity index is 1.99. The van der Waals surface area contributed by atoms with Crippen LogP contribution in [-0.4, -0.2) is 11.5 Å². The van der Waals surface area contributed by atoms with Crippen molar-refractivity contribution in [2.75, 3.05) is 6.54 Å². The van der Waals surface area contributed by atoms with Gasteiger partial charge in [-0.25, -0.2) is 4.98 Å². The summed E-state index contributed by atoms with van der Waals surface area (Å²) in [6, 6.07) is 7.99. The van der Waals surface area contributed by atoms with Crippen molar-refractivity contribution in [2.45, 2.75) is 19.8 Å². The van der Waals surface area contributed by atoms with Crippen molar-refractivity contribution in [2.24, 2.45) is 11.7 Å². The summed E-state index contributed by atoms with van der Waals surface area (Å²) in [5.41, 5.74) is 8.29. The lowest BCUT2D eigenvalue weighted by Gasteiger charge is -2.13. The van der Waals surface area contributed by atoms with Crippen LogP contribution >= 0.6 is 22.9 Å². The lowest BCUT2D eigenvalue weighted by molar-refractivity contribution is 0.528. The molecular weight excluding hydrogens is 264 g/mol. The molecule has 1 unspecified atom stereocenters. The second-order valence-electron chi connectivity index (χ2n) is 4.49. The van der Waals surface area contributed by atoms with E-state index in [1.807, 2.05) is 19.1 Å². The van der Waals surface area contributed by atoms with Gasteiger partial charge in [0.1, 0.15) is 0 Å². The van der Waals surface area contributed by atoms with E-state index in [9.17, 15) is 0 Å². The predicted octanol–water partition coefficient (Wildman–Crippen LogP) is 3.47. The minimum absolute atomic E-state index is 0.438. The smallest absolute Gasteiger partial charge is 0.0897 e. The monoisotopic (exact) mass is 280 g/mol. The molecule has 1 heterocycles. The number of nitrogens with zero attached hydrogens (tertiary/aromatic N) is 1. The minimum Gasteiger partial charge on any atom is -0.330 e. The second-order valence-corrected chi connectivity index (χ2v) is 5.99. The minimum atomic E-state index is 0.438. The quantitative estimate of drug-likeness (QED) is 0.911. The van der Waals surface area contributed by atoms with E-state index in [1.165, 1.54) is 5.56 Å². The van der Waals surface area contributed by atoms with Crippen LogP contribution in [0.25, 0.3) is 0 Å². The number of aryl methyl sites for hydroxylation is 1. The van der Waals surface area contributed by atoms with Gasteiger partial charge in [-0.05, 0) is 49.9 Å². The van der Waals surface area contributed by atoms with E-state index in [-0.39, 0.29) is 0 Å². The fourth-order valence-electron chi connectivity index (χ4n) is 1.99. The first kappa shape index (κ1) is 13.5. The van der Waals surface area contributed by atoms with Crippen molar-refractivity contribution in [3.63, 3.8) is 0 Å². The van der Waals surface area contributed by atoms with Crippen LogP contribution in [0.1, 0.15) is 16.3 Å². The Hall–Kier alpha value is -0.900. The third kappa shape index (κ3) is 3.80. The van der Waals surface area contributed by atoms with E-state index in [1.54, 1.807) is 11.3 Å². The molecule has 0 fully saturated rings. The Bertz CT molecular complexity index is 493. The fraction of sp³-hybridized carbons (Fsp3) is 0.357. The zero-order valence-corrected chi connectivity index (χ0v) is 12.0. The Labute approximate surface area is 117 Å². The van der Waals surface area contributed by atoms with Gasteiger partial charge in [0.2, 0.25) is 0 Å². The first-order chi connectivity index (χ1) is 8.67. The zero-order chi connectivity index (χ0) is 13.0. The summed E-state index contributed by atoms with van der Waals surface area (Å²) in [7, 11) is 0. The molecule has 0 aliphatic rings. The van der Waals surface area contributed by atoms with E-state index in [4.69, 9.17) is 17.3 Å². The summed E-state index contributed by atoms with van der Waals surface area (Å²) in [6.45, 7) is 2.71. The van der Waals surface area contributed by atoms with Gasteiger partial charge >= 0.3 is 0 Å². The maximum Gasteiger partial charge on any atom is 0.0897 e. The zero-order valence-electron chi connectivity index (χ0n) is 10.4. The van der Waals surface area contributed by atoms with E-state index < -0.39 is 0 Å². The molecule has 0 aliphatic carbocycles. The largest absolute Gasteiger partial charge is 0.330 e. The summed E-state index contributed by atoms with van der Waals surface area (Å²) in [5, 5.41) is 4.02. The van der Waals surface area contributed by atoms with Crippen molar-refractivity contribution < 1.29 is 0 Å². The van der Waals surface area contributed by atoms with E-state index >= 15 is 0 Å². The van der Waals surface area contributed by atoms with Gasteiger partial charge in [0.25, 0.3) is 0 Å². The molecule has 1 atom stereocenters. The van der Waals surface area contributed by atoms with Gasteiger partial charge in [-0.1, -0.05) is 23.7 Å². The van der Waals surface area contributed by atoms with Gasteiger partial charge in [0, 0.05) is 10.4 Å². The molecule has 1 aromatic heterocycles. The molecule has 0 aliphatic heterocycles. The van der Waals surface area contributed by atoms with Gasteiger partial charge in [-0.3, -0.25) is 0 Å². The molecule has 0 amide bonds. The van der Waals surface area contributed by atoms with Crippen molar-refractivity contribution in [1.29, 1.82) is 0 Å². The van der Waals surface area contributed by atoms with Gasteiger partial charge in [-0.15, -0.1) is 11.3 Å². The summed E-state index contributed by atoms with van der Waals surface area (Å²) in [4.78, 5) is 4.50. The number of benzene rings is 1. The number of hydrogen-bond acceptors (Lipinski definition) is 3. The molecule has 2 nitrogen and oxygen atoms in total. The lowest BCUT2D eigenvalue weighted by atomic mass is 9.95. The highest BCUT2D eigenvalue weighted by atomic mass is 35.5. The average molecular weight is 281 g/mol. The third-order valence-electron chi connectivity index (χ3n) is 2.94. The number of halogens is 1. The second kappa shape index (κ2) is 6.32. The molecule has 96 valence electrons. The molecule has 18 heavy (non-hydrogen) atoms. The van der Waals surface area contributed by atoms with Crippen LogP contribution in [0, 0.1) is 12.8 Å².